The molecule has 1 aliphatic heterocycles. The maximum Gasteiger partial charge on any atom is 0.335 e. The smallest absolute Gasteiger partial charge is 0.335 e. The van der Waals surface area contributed by atoms with Gasteiger partial charge in [0.25, 0.3) is 11.8 Å². The number of hydrogen-bond donors (Lipinski definition) is 1. The summed E-state index contributed by atoms with van der Waals surface area (Å²) in [5, 5.41) is 4.91. The molecule has 4 aromatic carbocycles. The Morgan fingerprint density at radius 2 is 1.68 bits per heavy atom. The van der Waals surface area contributed by atoms with E-state index in [9.17, 15) is 14.4 Å². The summed E-state index contributed by atoms with van der Waals surface area (Å²) in [6.45, 7) is 0.305. The topological polar surface area (TPSA) is 84.9 Å². The van der Waals surface area contributed by atoms with Crippen molar-refractivity contribution in [1.82, 2.24) is 5.32 Å². The number of methoxy groups -OCH3 is 1. The Bertz CT molecular complexity index is 1620. The van der Waals surface area contributed by atoms with Crippen LogP contribution in [-0.4, -0.2) is 25.0 Å². The molecule has 0 aliphatic carbocycles. The van der Waals surface area contributed by atoms with Crippen LogP contribution in [0.1, 0.15) is 11.1 Å². The maximum absolute atomic E-state index is 13.2. The van der Waals surface area contributed by atoms with Crippen molar-refractivity contribution in [2.75, 3.05) is 12.0 Å². The first-order chi connectivity index (χ1) is 18.3. The lowest BCUT2D eigenvalue weighted by Crippen LogP contribution is -2.54. The highest BCUT2D eigenvalue weighted by molar-refractivity contribution is 9.10. The average molecular weight is 592 g/mol. The van der Waals surface area contributed by atoms with Gasteiger partial charge in [0, 0.05) is 5.02 Å². The Morgan fingerprint density at radius 1 is 0.947 bits per heavy atom. The highest BCUT2D eigenvalue weighted by Crippen LogP contribution is 2.38. The number of hydrogen-bond acceptors (Lipinski definition) is 5. The van der Waals surface area contributed by atoms with Crippen molar-refractivity contribution in [2.24, 2.45) is 0 Å². The SMILES string of the molecule is COc1cc(/C=C2\C(=O)NC(=O)N(c3ccc(Cl)cc3)C2=O)cc(Br)c1OCc1ccc2ccccc2c1. The van der Waals surface area contributed by atoms with Gasteiger partial charge < -0.3 is 9.47 Å². The van der Waals surface area contributed by atoms with Crippen molar-refractivity contribution in [3.8, 4) is 11.5 Å². The van der Waals surface area contributed by atoms with Gasteiger partial charge in [-0.05, 0) is 86.4 Å². The van der Waals surface area contributed by atoms with E-state index in [1.807, 2.05) is 30.3 Å². The molecule has 1 heterocycles. The van der Waals surface area contributed by atoms with Gasteiger partial charge in [0.15, 0.2) is 11.5 Å². The van der Waals surface area contributed by atoms with Gasteiger partial charge in [-0.2, -0.15) is 0 Å². The number of benzene rings is 4. The van der Waals surface area contributed by atoms with Gasteiger partial charge >= 0.3 is 6.03 Å². The fraction of sp³-hybridized carbons (Fsp3) is 0.0690. The Labute approximate surface area is 231 Å². The van der Waals surface area contributed by atoms with Crippen molar-refractivity contribution in [1.29, 1.82) is 0 Å². The third kappa shape index (κ3) is 5.14. The van der Waals surface area contributed by atoms with E-state index in [1.165, 1.54) is 25.3 Å². The molecule has 4 aromatic rings. The first kappa shape index (κ1) is 25.5. The van der Waals surface area contributed by atoms with Crippen LogP contribution in [0.4, 0.5) is 10.5 Å². The summed E-state index contributed by atoms with van der Waals surface area (Å²) in [5.74, 6) is -0.675. The number of fused-ring (bicyclic) bond motifs is 1. The molecule has 0 atom stereocenters. The van der Waals surface area contributed by atoms with Crippen LogP contribution in [0.5, 0.6) is 11.5 Å². The summed E-state index contributed by atoms with van der Waals surface area (Å²) >= 11 is 9.44. The molecular weight excluding hydrogens is 572 g/mol. The molecule has 0 unspecified atom stereocenters. The van der Waals surface area contributed by atoms with E-state index in [0.29, 0.717) is 33.2 Å². The minimum atomic E-state index is -0.837. The molecule has 1 fully saturated rings. The molecule has 0 saturated carbocycles. The third-order valence-electron chi connectivity index (χ3n) is 5.95. The summed E-state index contributed by atoms with van der Waals surface area (Å²) < 4.78 is 12.2. The number of carbonyl (C=O) groups is 3. The van der Waals surface area contributed by atoms with Gasteiger partial charge in [0.2, 0.25) is 0 Å². The van der Waals surface area contributed by atoms with Crippen LogP contribution in [-0.2, 0) is 16.2 Å². The average Bonchev–Trinajstić information content (AvgIpc) is 2.91. The van der Waals surface area contributed by atoms with Crippen LogP contribution >= 0.6 is 27.5 Å². The first-order valence-corrected chi connectivity index (χ1v) is 12.7. The summed E-state index contributed by atoms with van der Waals surface area (Å²) in [5.41, 5.74) is 1.56. The Morgan fingerprint density at radius 3 is 2.42 bits per heavy atom. The molecule has 4 amide bonds. The standard InChI is InChI=1S/C29H20BrClN2O5/c1-37-25-15-18(13-23-27(34)32-29(36)33(28(23)35)22-10-8-21(31)9-11-22)14-24(30)26(25)38-16-17-6-7-19-4-2-3-5-20(19)12-17/h2-15H,16H2,1H3,(H,32,34,36)/b23-13+. The van der Waals surface area contributed by atoms with Gasteiger partial charge in [0.05, 0.1) is 17.3 Å². The monoisotopic (exact) mass is 590 g/mol. The minimum absolute atomic E-state index is 0.210. The molecule has 1 aliphatic rings. The second-order valence-corrected chi connectivity index (χ2v) is 9.73. The zero-order chi connectivity index (χ0) is 26.8. The summed E-state index contributed by atoms with van der Waals surface area (Å²) in [6, 6.07) is 22.8. The summed E-state index contributed by atoms with van der Waals surface area (Å²) in [6.07, 6.45) is 1.40. The molecule has 190 valence electrons. The van der Waals surface area contributed by atoms with Crippen molar-refractivity contribution in [3.63, 3.8) is 0 Å². The van der Waals surface area contributed by atoms with E-state index in [0.717, 1.165) is 21.2 Å². The van der Waals surface area contributed by atoms with Gasteiger partial charge in [-0.25, -0.2) is 9.69 Å². The number of nitrogens with zero attached hydrogens (tertiary/aromatic N) is 1. The predicted octanol–water partition coefficient (Wildman–Crippen LogP) is 6.51. The lowest BCUT2D eigenvalue weighted by molar-refractivity contribution is -0.122. The Kier molecular flexibility index (Phi) is 7.18. The molecule has 5 rings (SSSR count). The normalized spacial score (nSPS) is 14.7. The van der Waals surface area contributed by atoms with Crippen molar-refractivity contribution in [2.45, 2.75) is 6.61 Å². The Hall–Kier alpha value is -4.14. The van der Waals surface area contributed by atoms with E-state index in [4.69, 9.17) is 21.1 Å². The number of urea groups is 1. The van der Waals surface area contributed by atoms with Gasteiger partial charge in [-0.15, -0.1) is 0 Å². The lowest BCUT2D eigenvalue weighted by Gasteiger charge is -2.26. The zero-order valence-corrected chi connectivity index (χ0v) is 22.4. The Balaban J connectivity index is 1.42. The fourth-order valence-electron chi connectivity index (χ4n) is 4.10. The number of anilines is 1. The number of rotatable bonds is 6. The van der Waals surface area contributed by atoms with Crippen LogP contribution in [0.2, 0.25) is 5.02 Å². The van der Waals surface area contributed by atoms with E-state index in [-0.39, 0.29) is 11.3 Å². The molecular formula is C29H20BrClN2O5. The molecule has 0 aromatic heterocycles. The predicted molar refractivity (Wildman–Crippen MR) is 149 cm³/mol. The maximum atomic E-state index is 13.2. The quantitative estimate of drug-likeness (QED) is 0.204. The lowest BCUT2D eigenvalue weighted by atomic mass is 10.1. The van der Waals surface area contributed by atoms with Crippen LogP contribution < -0.4 is 19.7 Å². The fourth-order valence-corrected chi connectivity index (χ4v) is 4.80. The van der Waals surface area contributed by atoms with Crippen LogP contribution in [0.3, 0.4) is 0 Å². The van der Waals surface area contributed by atoms with Crippen LogP contribution in [0.25, 0.3) is 16.8 Å². The molecule has 7 nitrogen and oxygen atoms in total. The van der Waals surface area contributed by atoms with Crippen molar-refractivity contribution < 1.29 is 23.9 Å². The molecule has 38 heavy (non-hydrogen) atoms. The number of carbonyl (C=O) groups excluding carboxylic acids is 3. The van der Waals surface area contributed by atoms with Crippen molar-refractivity contribution >= 4 is 67.9 Å². The zero-order valence-electron chi connectivity index (χ0n) is 20.0. The number of barbiturate groups is 1. The molecule has 0 bridgehead atoms. The van der Waals surface area contributed by atoms with Crippen molar-refractivity contribution in [3.05, 3.63) is 105 Å². The minimum Gasteiger partial charge on any atom is -0.493 e. The molecule has 0 radical (unpaired) electrons. The first-order valence-electron chi connectivity index (χ1n) is 11.5. The second kappa shape index (κ2) is 10.7. The van der Waals surface area contributed by atoms with Gasteiger partial charge in [-0.1, -0.05) is 48.0 Å². The van der Waals surface area contributed by atoms with E-state index >= 15 is 0 Å². The number of imide groups is 2. The van der Waals surface area contributed by atoms with Crippen LogP contribution in [0, 0.1) is 0 Å². The largest absolute Gasteiger partial charge is 0.493 e. The van der Waals surface area contributed by atoms with Crippen LogP contribution in [0.15, 0.2) is 88.9 Å². The van der Waals surface area contributed by atoms with E-state index in [2.05, 4.69) is 33.4 Å². The number of amides is 4. The van der Waals surface area contributed by atoms with E-state index < -0.39 is 17.8 Å². The molecule has 1 N–H and O–H groups in total. The third-order valence-corrected chi connectivity index (χ3v) is 6.79. The molecule has 1 saturated heterocycles. The number of halogens is 2. The number of nitrogens with one attached hydrogen (secondary N) is 1. The summed E-state index contributed by atoms with van der Waals surface area (Å²) in [7, 11) is 1.50. The van der Waals surface area contributed by atoms with E-state index in [1.54, 1.807) is 24.3 Å². The number of ether oxygens (including phenoxy) is 2. The second-order valence-electron chi connectivity index (χ2n) is 8.44. The van der Waals surface area contributed by atoms with Gasteiger partial charge in [-0.3, -0.25) is 14.9 Å². The highest BCUT2D eigenvalue weighted by atomic mass is 79.9. The molecule has 9 heteroatoms. The summed E-state index contributed by atoms with van der Waals surface area (Å²) in [4.78, 5) is 39.1. The highest BCUT2D eigenvalue weighted by Gasteiger charge is 2.36. The molecule has 0 spiro atoms. The van der Waals surface area contributed by atoms with Gasteiger partial charge in [0.1, 0.15) is 12.2 Å².